The van der Waals surface area contributed by atoms with Crippen LogP contribution in [-0.4, -0.2) is 16.0 Å². The third-order valence-corrected chi connectivity index (χ3v) is 5.74. The molecule has 114 valence electrons. The number of nitrogens with zero attached hydrogens (tertiary/aromatic N) is 1. The molecule has 4 heteroatoms. The van der Waals surface area contributed by atoms with Gasteiger partial charge in [-0.2, -0.15) is 5.10 Å². The highest BCUT2D eigenvalue weighted by Gasteiger charge is 2.53. The number of Topliss-reactive ketones (excluding diaryl/α,β-unsaturated/α-hetero) is 1. The van der Waals surface area contributed by atoms with Crippen molar-refractivity contribution in [1.29, 1.82) is 0 Å². The molecule has 1 aromatic heterocycles. The number of carbonyl (C=O) groups is 1. The number of ketones is 1. The van der Waals surface area contributed by atoms with Crippen molar-refractivity contribution < 1.29 is 9.18 Å². The maximum absolute atomic E-state index is 13.4. The number of H-pyrrole nitrogens is 1. The van der Waals surface area contributed by atoms with Crippen molar-refractivity contribution in [1.82, 2.24) is 10.2 Å². The Morgan fingerprint density at radius 1 is 1.27 bits per heavy atom. The number of carbonyl (C=O) groups excluding carboxylic acids is 1. The van der Waals surface area contributed by atoms with E-state index in [0.29, 0.717) is 12.2 Å². The van der Waals surface area contributed by atoms with Crippen LogP contribution in [0.2, 0.25) is 0 Å². The van der Waals surface area contributed by atoms with Gasteiger partial charge in [0.05, 0.1) is 5.69 Å². The van der Waals surface area contributed by atoms with Crippen LogP contribution in [0.5, 0.6) is 0 Å². The van der Waals surface area contributed by atoms with Gasteiger partial charge in [-0.25, -0.2) is 4.39 Å². The lowest BCUT2D eigenvalue weighted by molar-refractivity contribution is -0.128. The Morgan fingerprint density at radius 3 is 2.82 bits per heavy atom. The lowest BCUT2D eigenvalue weighted by atomic mass is 9.53. The van der Waals surface area contributed by atoms with E-state index in [1.807, 2.05) is 25.3 Å². The summed E-state index contributed by atoms with van der Waals surface area (Å²) in [4.78, 5) is 12.2. The summed E-state index contributed by atoms with van der Waals surface area (Å²) in [7, 11) is 0. The first kappa shape index (κ1) is 13.7. The first-order valence-electron chi connectivity index (χ1n) is 7.95. The van der Waals surface area contributed by atoms with E-state index in [0.717, 1.165) is 30.5 Å². The molecule has 1 fully saturated rings. The van der Waals surface area contributed by atoms with Crippen LogP contribution in [0.4, 0.5) is 4.39 Å². The van der Waals surface area contributed by atoms with Crippen molar-refractivity contribution in [2.75, 3.05) is 0 Å². The molecule has 1 saturated carbocycles. The quantitative estimate of drug-likeness (QED) is 0.877. The predicted molar refractivity (Wildman–Crippen MR) is 81.0 cm³/mol. The van der Waals surface area contributed by atoms with Crippen molar-refractivity contribution >= 4 is 5.78 Å². The Bertz CT molecular complexity index is 721. The molecule has 22 heavy (non-hydrogen) atoms. The van der Waals surface area contributed by atoms with Crippen LogP contribution < -0.4 is 0 Å². The van der Waals surface area contributed by atoms with Gasteiger partial charge in [0.2, 0.25) is 0 Å². The topological polar surface area (TPSA) is 45.8 Å². The number of aromatic nitrogens is 2. The first-order chi connectivity index (χ1) is 10.6. The summed E-state index contributed by atoms with van der Waals surface area (Å²) in [6, 6.07) is 6.77. The zero-order valence-corrected chi connectivity index (χ0v) is 12.6. The molecule has 0 unspecified atom stereocenters. The SMILES string of the molecule is C[C@@H]1C(=O)CC[C@]2(c3ccc(F)cc3)c3n[nH]cc3CC[C@@H]12. The van der Waals surface area contributed by atoms with Gasteiger partial charge in [-0.3, -0.25) is 9.89 Å². The van der Waals surface area contributed by atoms with Crippen molar-refractivity contribution in [3.05, 3.63) is 53.1 Å². The van der Waals surface area contributed by atoms with Gasteiger partial charge < -0.3 is 0 Å². The van der Waals surface area contributed by atoms with Crippen LogP contribution in [0.15, 0.2) is 30.5 Å². The van der Waals surface area contributed by atoms with Crippen LogP contribution in [0.3, 0.4) is 0 Å². The molecule has 1 heterocycles. The third kappa shape index (κ3) is 1.73. The third-order valence-electron chi connectivity index (χ3n) is 5.74. The number of hydrogen-bond acceptors (Lipinski definition) is 2. The summed E-state index contributed by atoms with van der Waals surface area (Å²) in [6.45, 7) is 2.04. The molecule has 1 aromatic carbocycles. The second-order valence-electron chi connectivity index (χ2n) is 6.64. The molecule has 2 aliphatic carbocycles. The van der Waals surface area contributed by atoms with Gasteiger partial charge in [0.1, 0.15) is 11.6 Å². The Morgan fingerprint density at radius 2 is 2.05 bits per heavy atom. The molecule has 2 aliphatic rings. The van der Waals surface area contributed by atoms with Crippen LogP contribution in [-0.2, 0) is 16.6 Å². The molecule has 4 rings (SSSR count). The van der Waals surface area contributed by atoms with Crippen LogP contribution in [0, 0.1) is 17.7 Å². The average molecular weight is 298 g/mol. The molecule has 0 spiro atoms. The smallest absolute Gasteiger partial charge is 0.136 e. The molecule has 0 bridgehead atoms. The molecule has 1 N–H and O–H groups in total. The van der Waals surface area contributed by atoms with E-state index in [9.17, 15) is 9.18 Å². The number of halogens is 1. The van der Waals surface area contributed by atoms with Gasteiger partial charge in [-0.05, 0) is 48.4 Å². The van der Waals surface area contributed by atoms with E-state index >= 15 is 0 Å². The Labute approximate surface area is 128 Å². The predicted octanol–water partition coefficient (Wildman–Crippen LogP) is 3.40. The number of hydrogen-bond donors (Lipinski definition) is 1. The van der Waals surface area contributed by atoms with E-state index in [-0.39, 0.29) is 23.1 Å². The largest absolute Gasteiger partial charge is 0.299 e. The number of aryl methyl sites for hydroxylation is 1. The number of benzene rings is 1. The molecule has 0 amide bonds. The standard InChI is InChI=1S/C18H19FN2O/c1-11-15-7-2-12-10-20-21-17(12)18(15,9-8-16(11)22)13-3-5-14(19)6-4-13/h3-6,10-11,15H,2,7-9H2,1H3,(H,20,21)/t11-,15-,18+/m0/s1. The summed E-state index contributed by atoms with van der Waals surface area (Å²) < 4.78 is 13.4. The van der Waals surface area contributed by atoms with Crippen molar-refractivity contribution in [2.24, 2.45) is 11.8 Å². The number of nitrogens with one attached hydrogen (secondary N) is 1. The van der Waals surface area contributed by atoms with Crippen molar-refractivity contribution in [2.45, 2.75) is 38.0 Å². The highest BCUT2D eigenvalue weighted by molar-refractivity contribution is 5.83. The minimum absolute atomic E-state index is 0.0312. The van der Waals surface area contributed by atoms with Crippen molar-refractivity contribution in [3.8, 4) is 0 Å². The van der Waals surface area contributed by atoms with Gasteiger partial charge in [0.15, 0.2) is 0 Å². The first-order valence-corrected chi connectivity index (χ1v) is 7.95. The number of rotatable bonds is 1. The summed E-state index contributed by atoms with van der Waals surface area (Å²) in [6.07, 6.45) is 5.25. The minimum Gasteiger partial charge on any atom is -0.299 e. The van der Waals surface area contributed by atoms with E-state index in [1.54, 1.807) is 0 Å². The molecular weight excluding hydrogens is 279 g/mol. The Kier molecular flexibility index (Phi) is 2.96. The fourth-order valence-corrected chi connectivity index (χ4v) is 4.62. The summed E-state index contributed by atoms with van der Waals surface area (Å²) in [5.41, 5.74) is 3.14. The molecule has 0 saturated heterocycles. The molecule has 3 atom stereocenters. The zero-order chi connectivity index (χ0) is 15.3. The monoisotopic (exact) mass is 298 g/mol. The maximum Gasteiger partial charge on any atom is 0.136 e. The molecule has 0 aliphatic heterocycles. The van der Waals surface area contributed by atoms with E-state index in [2.05, 4.69) is 10.2 Å². The van der Waals surface area contributed by atoms with Crippen molar-refractivity contribution in [3.63, 3.8) is 0 Å². The number of aromatic amines is 1. The molecular formula is C18H19FN2O. The Hall–Kier alpha value is -1.97. The molecule has 3 nitrogen and oxygen atoms in total. The second-order valence-corrected chi connectivity index (χ2v) is 6.64. The van der Waals surface area contributed by atoms with Gasteiger partial charge in [0, 0.05) is 24.0 Å². The lowest BCUT2D eigenvalue weighted by Crippen LogP contribution is -2.49. The van der Waals surface area contributed by atoms with Gasteiger partial charge in [-0.15, -0.1) is 0 Å². The highest BCUT2D eigenvalue weighted by atomic mass is 19.1. The fourth-order valence-electron chi connectivity index (χ4n) is 4.62. The highest BCUT2D eigenvalue weighted by Crippen LogP contribution is 2.54. The normalized spacial score (nSPS) is 30.7. The van der Waals surface area contributed by atoms with E-state index in [4.69, 9.17) is 0 Å². The van der Waals surface area contributed by atoms with Gasteiger partial charge >= 0.3 is 0 Å². The average Bonchev–Trinajstić information content (AvgIpc) is 3.01. The van der Waals surface area contributed by atoms with Crippen LogP contribution in [0.1, 0.15) is 43.0 Å². The minimum atomic E-state index is -0.255. The van der Waals surface area contributed by atoms with E-state index in [1.165, 1.54) is 17.7 Å². The van der Waals surface area contributed by atoms with Gasteiger partial charge in [0.25, 0.3) is 0 Å². The van der Waals surface area contributed by atoms with E-state index < -0.39 is 0 Å². The summed E-state index contributed by atoms with van der Waals surface area (Å²) >= 11 is 0. The fraction of sp³-hybridized carbons (Fsp3) is 0.444. The molecule has 0 radical (unpaired) electrons. The van der Waals surface area contributed by atoms with Crippen LogP contribution >= 0.6 is 0 Å². The number of fused-ring (bicyclic) bond motifs is 3. The lowest BCUT2D eigenvalue weighted by Gasteiger charge is -2.49. The van der Waals surface area contributed by atoms with Crippen LogP contribution in [0.25, 0.3) is 0 Å². The van der Waals surface area contributed by atoms with Gasteiger partial charge in [-0.1, -0.05) is 19.1 Å². The summed E-state index contributed by atoms with van der Waals surface area (Å²) in [5, 5.41) is 7.54. The second kappa shape index (κ2) is 4.77. The summed E-state index contributed by atoms with van der Waals surface area (Å²) in [5.74, 6) is 0.398. The maximum atomic E-state index is 13.4. The molecule has 2 aromatic rings. The zero-order valence-electron chi connectivity index (χ0n) is 12.6. The Balaban J connectivity index is 1.94.